The lowest BCUT2D eigenvalue weighted by Gasteiger charge is -2.35. The largest absolute Gasteiger partial charge is 0.289 e. The van der Waals surface area contributed by atoms with Crippen LogP contribution < -0.4 is 0 Å². The predicted octanol–water partition coefficient (Wildman–Crippen LogP) is 5.99. The first-order chi connectivity index (χ1) is 11.5. The zero-order valence-corrected chi connectivity index (χ0v) is 15.2. The van der Waals surface area contributed by atoms with Crippen LogP contribution in [0.3, 0.4) is 0 Å². The number of benzene rings is 3. The molecule has 0 aliphatic heterocycles. The van der Waals surface area contributed by atoms with Gasteiger partial charge in [-0.2, -0.15) is 0 Å². The van der Waals surface area contributed by atoms with Gasteiger partial charge < -0.3 is 0 Å². The summed E-state index contributed by atoms with van der Waals surface area (Å²) in [5, 5.41) is 0. The number of hydrogen-bond donors (Lipinski definition) is 0. The standard InChI is InChI=1S/C22H17BrO/c1-22(2)18-11-4-3-9-17(18)21(24)20-16(10-6-12-19(20)22)14-7-5-8-15(23)13-14/h3-13H,1-2H3. The highest BCUT2D eigenvalue weighted by Gasteiger charge is 2.37. The van der Waals surface area contributed by atoms with Crippen LogP contribution in [0.1, 0.15) is 40.9 Å². The summed E-state index contributed by atoms with van der Waals surface area (Å²) in [6, 6.07) is 22.3. The molecule has 3 aromatic carbocycles. The fourth-order valence-corrected chi connectivity index (χ4v) is 4.12. The van der Waals surface area contributed by atoms with Gasteiger partial charge in [0.1, 0.15) is 0 Å². The number of ketones is 1. The SMILES string of the molecule is CC1(C)c2ccccc2C(=O)c2c(-c3cccc(Br)c3)cccc21. The van der Waals surface area contributed by atoms with E-state index in [1.165, 1.54) is 0 Å². The molecule has 3 aromatic rings. The molecular formula is C22H17BrO. The molecule has 0 spiro atoms. The highest BCUT2D eigenvalue weighted by Crippen LogP contribution is 2.44. The fraction of sp³-hybridized carbons (Fsp3) is 0.136. The Morgan fingerprint density at radius 3 is 2.25 bits per heavy atom. The van der Waals surface area contributed by atoms with Crippen LogP contribution in [0.2, 0.25) is 0 Å². The number of carbonyl (C=O) groups is 1. The summed E-state index contributed by atoms with van der Waals surface area (Å²) in [7, 11) is 0. The Bertz CT molecular complexity index is 969. The summed E-state index contributed by atoms with van der Waals surface area (Å²) in [4.78, 5) is 13.3. The second kappa shape index (κ2) is 5.42. The summed E-state index contributed by atoms with van der Waals surface area (Å²) >= 11 is 3.53. The molecule has 1 aliphatic rings. The average Bonchev–Trinajstić information content (AvgIpc) is 2.59. The van der Waals surface area contributed by atoms with E-state index in [0.717, 1.165) is 37.9 Å². The highest BCUT2D eigenvalue weighted by atomic mass is 79.9. The maximum absolute atomic E-state index is 13.3. The second-order valence-electron chi connectivity index (χ2n) is 6.74. The first-order valence-electron chi connectivity index (χ1n) is 8.04. The van der Waals surface area contributed by atoms with Gasteiger partial charge in [0.2, 0.25) is 0 Å². The number of rotatable bonds is 1. The van der Waals surface area contributed by atoms with Gasteiger partial charge in [-0.3, -0.25) is 4.79 Å². The van der Waals surface area contributed by atoms with E-state index in [2.05, 4.69) is 60.1 Å². The van der Waals surface area contributed by atoms with Crippen LogP contribution in [-0.2, 0) is 5.41 Å². The van der Waals surface area contributed by atoms with Crippen molar-refractivity contribution in [2.75, 3.05) is 0 Å². The molecule has 118 valence electrons. The van der Waals surface area contributed by atoms with Gasteiger partial charge in [-0.1, -0.05) is 84.4 Å². The molecule has 24 heavy (non-hydrogen) atoms. The maximum atomic E-state index is 13.3. The van der Waals surface area contributed by atoms with Crippen molar-refractivity contribution in [2.45, 2.75) is 19.3 Å². The van der Waals surface area contributed by atoms with Crippen LogP contribution in [0.25, 0.3) is 11.1 Å². The lowest BCUT2D eigenvalue weighted by Crippen LogP contribution is -2.30. The van der Waals surface area contributed by atoms with Crippen LogP contribution in [0.4, 0.5) is 0 Å². The summed E-state index contributed by atoms with van der Waals surface area (Å²) in [5.41, 5.74) is 5.72. The van der Waals surface area contributed by atoms with Gasteiger partial charge in [0.05, 0.1) is 0 Å². The van der Waals surface area contributed by atoms with Crippen molar-refractivity contribution in [3.05, 3.63) is 93.5 Å². The Balaban J connectivity index is 2.04. The first-order valence-corrected chi connectivity index (χ1v) is 8.83. The van der Waals surface area contributed by atoms with Crippen molar-refractivity contribution in [3.8, 4) is 11.1 Å². The monoisotopic (exact) mass is 376 g/mol. The maximum Gasteiger partial charge on any atom is 0.194 e. The van der Waals surface area contributed by atoms with E-state index in [4.69, 9.17) is 0 Å². The molecule has 0 saturated carbocycles. The molecule has 0 unspecified atom stereocenters. The molecule has 0 fully saturated rings. The third-order valence-electron chi connectivity index (χ3n) is 4.95. The average molecular weight is 377 g/mol. The van der Waals surface area contributed by atoms with Gasteiger partial charge in [0.25, 0.3) is 0 Å². The summed E-state index contributed by atoms with van der Waals surface area (Å²) in [6.45, 7) is 4.39. The smallest absolute Gasteiger partial charge is 0.194 e. The molecule has 0 aromatic heterocycles. The van der Waals surface area contributed by atoms with E-state index in [9.17, 15) is 4.79 Å². The molecule has 0 saturated heterocycles. The van der Waals surface area contributed by atoms with Gasteiger partial charge in [-0.15, -0.1) is 0 Å². The van der Waals surface area contributed by atoms with Crippen molar-refractivity contribution in [1.29, 1.82) is 0 Å². The van der Waals surface area contributed by atoms with Crippen molar-refractivity contribution < 1.29 is 4.79 Å². The Kier molecular flexibility index (Phi) is 3.47. The minimum atomic E-state index is -0.193. The first kappa shape index (κ1) is 15.3. The van der Waals surface area contributed by atoms with Gasteiger partial charge in [-0.25, -0.2) is 0 Å². The summed E-state index contributed by atoms with van der Waals surface area (Å²) < 4.78 is 1.01. The zero-order valence-electron chi connectivity index (χ0n) is 13.6. The topological polar surface area (TPSA) is 17.1 Å². The van der Waals surface area contributed by atoms with Crippen molar-refractivity contribution >= 4 is 21.7 Å². The lowest BCUT2D eigenvalue weighted by atomic mass is 9.67. The van der Waals surface area contributed by atoms with Crippen molar-refractivity contribution in [2.24, 2.45) is 0 Å². The zero-order chi connectivity index (χ0) is 16.9. The molecule has 0 N–H and O–H groups in total. The normalized spacial score (nSPS) is 14.9. The molecule has 0 bridgehead atoms. The predicted molar refractivity (Wildman–Crippen MR) is 102 cm³/mol. The highest BCUT2D eigenvalue weighted by molar-refractivity contribution is 9.10. The van der Waals surface area contributed by atoms with E-state index in [0.29, 0.717) is 0 Å². The third kappa shape index (κ3) is 2.17. The van der Waals surface area contributed by atoms with Crippen molar-refractivity contribution in [1.82, 2.24) is 0 Å². The van der Waals surface area contributed by atoms with Crippen LogP contribution >= 0.6 is 15.9 Å². The number of carbonyl (C=O) groups excluding carboxylic acids is 1. The van der Waals surface area contributed by atoms with Gasteiger partial charge >= 0.3 is 0 Å². The molecule has 1 nitrogen and oxygen atoms in total. The van der Waals surface area contributed by atoms with Gasteiger partial charge in [0.15, 0.2) is 5.78 Å². The fourth-order valence-electron chi connectivity index (χ4n) is 3.72. The molecule has 0 atom stereocenters. The Hall–Kier alpha value is -2.19. The summed E-state index contributed by atoms with van der Waals surface area (Å²) in [5.74, 6) is 0.121. The Morgan fingerprint density at radius 2 is 1.46 bits per heavy atom. The number of halogens is 1. The van der Waals surface area contributed by atoms with Gasteiger partial charge in [-0.05, 0) is 34.4 Å². The summed E-state index contributed by atoms with van der Waals surface area (Å²) in [6.07, 6.45) is 0. The van der Waals surface area contributed by atoms with E-state index >= 15 is 0 Å². The van der Waals surface area contributed by atoms with Crippen LogP contribution in [-0.4, -0.2) is 5.78 Å². The van der Waals surface area contributed by atoms with Crippen molar-refractivity contribution in [3.63, 3.8) is 0 Å². The van der Waals surface area contributed by atoms with E-state index < -0.39 is 0 Å². The van der Waals surface area contributed by atoms with E-state index in [1.54, 1.807) is 0 Å². The minimum absolute atomic E-state index is 0.121. The molecular weight excluding hydrogens is 360 g/mol. The van der Waals surface area contributed by atoms with Gasteiger partial charge in [0, 0.05) is 21.0 Å². The quantitative estimate of drug-likeness (QED) is 0.509. The van der Waals surface area contributed by atoms with E-state index in [1.807, 2.05) is 36.4 Å². The number of hydrogen-bond acceptors (Lipinski definition) is 1. The molecule has 0 amide bonds. The molecule has 2 heteroatoms. The number of fused-ring (bicyclic) bond motifs is 2. The third-order valence-corrected chi connectivity index (χ3v) is 5.44. The molecule has 0 radical (unpaired) electrons. The Morgan fingerprint density at radius 1 is 0.792 bits per heavy atom. The molecule has 1 aliphatic carbocycles. The van der Waals surface area contributed by atoms with E-state index in [-0.39, 0.29) is 11.2 Å². The lowest BCUT2D eigenvalue weighted by molar-refractivity contribution is 0.103. The molecule has 4 rings (SSSR count). The molecule has 0 heterocycles. The Labute approximate surface area is 150 Å². The van der Waals surface area contributed by atoms with Crippen LogP contribution in [0.5, 0.6) is 0 Å². The second-order valence-corrected chi connectivity index (χ2v) is 7.65. The van der Waals surface area contributed by atoms with Crippen LogP contribution in [0, 0.1) is 0 Å². The van der Waals surface area contributed by atoms with Crippen LogP contribution in [0.15, 0.2) is 71.2 Å². The minimum Gasteiger partial charge on any atom is -0.289 e.